The van der Waals surface area contributed by atoms with Crippen molar-refractivity contribution in [2.45, 2.75) is 31.6 Å². The number of hydrogen-bond donors (Lipinski definition) is 3. The Morgan fingerprint density at radius 2 is 1.83 bits per heavy atom. The number of rotatable bonds is 9. The zero-order valence-electron chi connectivity index (χ0n) is 21.8. The van der Waals surface area contributed by atoms with Gasteiger partial charge in [0.2, 0.25) is 0 Å². The van der Waals surface area contributed by atoms with E-state index in [9.17, 15) is 27.6 Å². The van der Waals surface area contributed by atoms with Crippen LogP contribution in [0.25, 0.3) is 5.69 Å². The summed E-state index contributed by atoms with van der Waals surface area (Å²) in [5.41, 5.74) is 6.44. The minimum atomic E-state index is -4.81. The smallest absolute Gasteiger partial charge is 0.326 e. The number of anilines is 1. The zero-order valence-corrected chi connectivity index (χ0v) is 21.8. The van der Waals surface area contributed by atoms with Crippen molar-refractivity contribution in [3.8, 4) is 11.8 Å². The molecule has 0 aliphatic heterocycles. The number of alkyl halides is 3. The molecule has 0 radical (unpaired) electrons. The molecule has 4 N–H and O–H groups in total. The van der Waals surface area contributed by atoms with Crippen LogP contribution in [0.4, 0.5) is 23.2 Å². The Kier molecular flexibility index (Phi) is 7.88. The number of halogens is 4. The van der Waals surface area contributed by atoms with Crippen molar-refractivity contribution >= 4 is 11.6 Å². The lowest BCUT2D eigenvalue weighted by atomic mass is 9.96. The van der Waals surface area contributed by atoms with Crippen LogP contribution in [-0.2, 0) is 12.7 Å². The summed E-state index contributed by atoms with van der Waals surface area (Å²) in [5.74, 6) is -1.21. The molecule has 5 rings (SSSR count). The Hall–Kier alpha value is -4.53. The number of nitriles is 1. The fraction of sp³-hybridized carbons (Fsp3) is 0.233. The molecule has 4 aromatic rings. The lowest BCUT2D eigenvalue weighted by Gasteiger charge is -2.21. The molecule has 210 valence electrons. The number of nitrogens with zero attached hydrogens (tertiary/aromatic N) is 3. The highest BCUT2D eigenvalue weighted by Gasteiger charge is 2.36. The van der Waals surface area contributed by atoms with Gasteiger partial charge in [-0.05, 0) is 78.4 Å². The van der Waals surface area contributed by atoms with Crippen LogP contribution in [0.1, 0.15) is 57.3 Å². The Balaban J connectivity index is 1.49. The summed E-state index contributed by atoms with van der Waals surface area (Å²) in [6.45, 7) is 0.843. The Morgan fingerprint density at radius 1 is 1.07 bits per heavy atom. The Labute approximate surface area is 233 Å². The maximum atomic E-state index is 15.0. The first-order valence-electron chi connectivity index (χ1n) is 13.0. The fourth-order valence-corrected chi connectivity index (χ4v) is 4.52. The molecule has 41 heavy (non-hydrogen) atoms. The first-order chi connectivity index (χ1) is 19.7. The maximum absolute atomic E-state index is 15.0. The third-order valence-electron chi connectivity index (χ3n) is 6.85. The standard InChI is InChI=1S/C30H26F4N6O/c31-24-10-9-22(28(37-17-18-7-8-18)21-5-1-3-19(11-21)15-35)13-25(24)38-29(41)26-14-27(30(32,33)34)39-40(26)23-6-2-4-20(12-23)16-36/h1-6,9-14,18,28,37H,7-8,16-17,36H2,(H,38,41)/t28-/m1/s1. The van der Waals surface area contributed by atoms with E-state index in [1.165, 1.54) is 24.3 Å². The van der Waals surface area contributed by atoms with Crippen LogP contribution in [0, 0.1) is 23.1 Å². The van der Waals surface area contributed by atoms with Gasteiger partial charge in [0.15, 0.2) is 5.69 Å². The van der Waals surface area contributed by atoms with Crippen molar-refractivity contribution in [1.82, 2.24) is 15.1 Å². The number of nitrogens with two attached hydrogens (primary N) is 1. The molecule has 1 saturated carbocycles. The van der Waals surface area contributed by atoms with Crippen molar-refractivity contribution < 1.29 is 22.4 Å². The molecule has 0 unspecified atom stereocenters. The van der Waals surface area contributed by atoms with Gasteiger partial charge in [-0.3, -0.25) is 4.79 Å². The summed E-state index contributed by atoms with van der Waals surface area (Å²) >= 11 is 0. The van der Waals surface area contributed by atoms with Crippen molar-refractivity contribution in [2.75, 3.05) is 11.9 Å². The van der Waals surface area contributed by atoms with E-state index in [-0.39, 0.29) is 17.9 Å². The molecule has 1 amide bonds. The molecule has 1 aliphatic rings. The van der Waals surface area contributed by atoms with Crippen molar-refractivity contribution in [3.05, 3.63) is 112 Å². The lowest BCUT2D eigenvalue weighted by molar-refractivity contribution is -0.141. The highest BCUT2D eigenvalue weighted by atomic mass is 19.4. The lowest BCUT2D eigenvalue weighted by Crippen LogP contribution is -2.25. The highest BCUT2D eigenvalue weighted by molar-refractivity contribution is 6.03. The summed E-state index contributed by atoms with van der Waals surface area (Å²) in [4.78, 5) is 13.3. The summed E-state index contributed by atoms with van der Waals surface area (Å²) < 4.78 is 56.6. The number of carbonyl (C=O) groups excluding carboxylic acids is 1. The molecule has 0 bridgehead atoms. The van der Waals surface area contributed by atoms with Gasteiger partial charge in [0.05, 0.1) is 29.0 Å². The molecule has 7 nitrogen and oxygen atoms in total. The highest BCUT2D eigenvalue weighted by Crippen LogP contribution is 2.33. The van der Waals surface area contributed by atoms with Crippen LogP contribution in [0.2, 0.25) is 0 Å². The molecule has 0 spiro atoms. The Morgan fingerprint density at radius 3 is 2.54 bits per heavy atom. The van der Waals surface area contributed by atoms with Gasteiger partial charge in [-0.2, -0.15) is 23.5 Å². The Bertz CT molecular complexity index is 1620. The third-order valence-corrected chi connectivity index (χ3v) is 6.85. The van der Waals surface area contributed by atoms with Gasteiger partial charge in [-0.25, -0.2) is 9.07 Å². The van der Waals surface area contributed by atoms with Gasteiger partial charge in [-0.1, -0.05) is 30.3 Å². The van der Waals surface area contributed by atoms with E-state index in [1.54, 1.807) is 36.4 Å². The molecular weight excluding hydrogens is 536 g/mol. The van der Waals surface area contributed by atoms with Gasteiger partial charge < -0.3 is 16.4 Å². The van der Waals surface area contributed by atoms with Gasteiger partial charge in [0.25, 0.3) is 5.91 Å². The SMILES string of the molecule is N#Cc1cccc([C@@H](NCC2CC2)c2ccc(F)c(NC(=O)c3cc(C(F)(F)F)nn3-c3cccc(CN)c3)c2)c1. The number of nitrogens with one attached hydrogen (secondary N) is 2. The summed E-state index contributed by atoms with van der Waals surface area (Å²) in [6.07, 6.45) is -2.61. The predicted octanol–water partition coefficient (Wildman–Crippen LogP) is 5.70. The second kappa shape index (κ2) is 11.5. The molecular formula is C30H26F4N6O. The molecule has 11 heteroatoms. The van der Waals surface area contributed by atoms with E-state index in [0.29, 0.717) is 35.2 Å². The van der Waals surface area contributed by atoms with E-state index >= 15 is 0 Å². The van der Waals surface area contributed by atoms with Crippen molar-refractivity contribution in [3.63, 3.8) is 0 Å². The third kappa shape index (κ3) is 6.45. The minimum Gasteiger partial charge on any atom is -0.326 e. The van der Waals surface area contributed by atoms with E-state index in [1.807, 2.05) is 6.07 Å². The van der Waals surface area contributed by atoms with Gasteiger partial charge in [0, 0.05) is 12.6 Å². The van der Waals surface area contributed by atoms with Gasteiger partial charge >= 0.3 is 6.18 Å². The van der Waals surface area contributed by atoms with Crippen LogP contribution < -0.4 is 16.4 Å². The molecule has 1 atom stereocenters. The number of benzene rings is 3. The second-order valence-electron chi connectivity index (χ2n) is 9.91. The largest absolute Gasteiger partial charge is 0.435 e. The molecule has 1 aliphatic carbocycles. The van der Waals surface area contributed by atoms with Crippen molar-refractivity contribution in [2.24, 2.45) is 11.7 Å². The van der Waals surface area contributed by atoms with Crippen LogP contribution in [0.15, 0.2) is 72.8 Å². The van der Waals surface area contributed by atoms with E-state index in [0.717, 1.165) is 23.1 Å². The predicted molar refractivity (Wildman–Crippen MR) is 145 cm³/mol. The minimum absolute atomic E-state index is 0.133. The number of aromatic nitrogens is 2. The van der Waals surface area contributed by atoms with Gasteiger partial charge in [-0.15, -0.1) is 0 Å². The van der Waals surface area contributed by atoms with Crippen LogP contribution in [0.3, 0.4) is 0 Å². The molecule has 1 aromatic heterocycles. The summed E-state index contributed by atoms with van der Waals surface area (Å²) in [5, 5.41) is 18.9. The normalized spacial score (nSPS) is 14.0. The first-order valence-corrected chi connectivity index (χ1v) is 13.0. The monoisotopic (exact) mass is 562 g/mol. The quantitative estimate of drug-likeness (QED) is 0.227. The maximum Gasteiger partial charge on any atom is 0.435 e. The van der Waals surface area contributed by atoms with Crippen LogP contribution in [-0.4, -0.2) is 22.2 Å². The fourth-order valence-electron chi connectivity index (χ4n) is 4.52. The number of amides is 1. The average molecular weight is 563 g/mol. The summed E-state index contributed by atoms with van der Waals surface area (Å²) in [6, 6.07) is 19.8. The van der Waals surface area contributed by atoms with Crippen LogP contribution >= 0.6 is 0 Å². The zero-order chi connectivity index (χ0) is 29.1. The number of hydrogen-bond acceptors (Lipinski definition) is 5. The van der Waals surface area contributed by atoms with E-state index in [2.05, 4.69) is 21.8 Å². The first kappa shape index (κ1) is 28.0. The molecule has 1 fully saturated rings. The molecule has 0 saturated heterocycles. The van der Waals surface area contributed by atoms with Gasteiger partial charge in [0.1, 0.15) is 11.5 Å². The topological polar surface area (TPSA) is 109 Å². The van der Waals surface area contributed by atoms with Crippen molar-refractivity contribution in [1.29, 1.82) is 5.26 Å². The molecule has 1 heterocycles. The summed E-state index contributed by atoms with van der Waals surface area (Å²) in [7, 11) is 0. The number of carbonyl (C=O) groups is 1. The molecule has 3 aromatic carbocycles. The van der Waals surface area contributed by atoms with Crippen LogP contribution in [0.5, 0.6) is 0 Å². The second-order valence-corrected chi connectivity index (χ2v) is 9.91. The average Bonchev–Trinajstić information content (AvgIpc) is 3.68. The van der Waals surface area contributed by atoms with E-state index < -0.39 is 35.3 Å². The van der Waals surface area contributed by atoms with E-state index in [4.69, 9.17) is 5.73 Å².